The fourth-order valence-corrected chi connectivity index (χ4v) is 4.05. The Kier molecular flexibility index (Phi) is 5.22. The number of benzene rings is 1. The summed E-state index contributed by atoms with van der Waals surface area (Å²) >= 11 is 1.52. The minimum absolute atomic E-state index is 0.0237. The Hall–Kier alpha value is -2.64. The quantitative estimate of drug-likeness (QED) is 0.712. The summed E-state index contributed by atoms with van der Waals surface area (Å²) in [6, 6.07) is 9.70. The molecular formula is C20H22N4O2S. The summed E-state index contributed by atoms with van der Waals surface area (Å²) in [5.74, 6) is 0.0576. The molecule has 7 heteroatoms. The van der Waals surface area contributed by atoms with E-state index in [1.807, 2.05) is 46.0 Å². The maximum Gasteiger partial charge on any atom is 0.256 e. The highest BCUT2D eigenvalue weighted by Gasteiger charge is 2.23. The van der Waals surface area contributed by atoms with Gasteiger partial charge in [-0.3, -0.25) is 14.5 Å². The van der Waals surface area contributed by atoms with Crippen LogP contribution >= 0.6 is 11.3 Å². The van der Waals surface area contributed by atoms with E-state index in [2.05, 4.69) is 15.2 Å². The number of carbonyl (C=O) groups excluding carboxylic acids is 2. The number of H-pyrrole nitrogens is 1. The van der Waals surface area contributed by atoms with Crippen LogP contribution in [0.15, 0.2) is 47.3 Å². The SMILES string of the molecule is O=C(NCCN1CCN(C(=O)c2c[nH]c3ccccc23)CC1)c1ccsc1. The fourth-order valence-electron chi connectivity index (χ4n) is 3.42. The van der Waals surface area contributed by atoms with Crippen LogP contribution in [0.1, 0.15) is 20.7 Å². The topological polar surface area (TPSA) is 68.4 Å². The number of piperazine rings is 1. The number of nitrogens with one attached hydrogen (secondary N) is 2. The smallest absolute Gasteiger partial charge is 0.256 e. The van der Waals surface area contributed by atoms with Gasteiger partial charge in [-0.05, 0) is 17.5 Å². The number of para-hydroxylation sites is 1. The normalized spacial score (nSPS) is 15.2. The van der Waals surface area contributed by atoms with Crippen molar-refractivity contribution in [3.63, 3.8) is 0 Å². The molecule has 0 bridgehead atoms. The van der Waals surface area contributed by atoms with Gasteiger partial charge in [-0.1, -0.05) is 18.2 Å². The van der Waals surface area contributed by atoms with Crippen LogP contribution in [0.5, 0.6) is 0 Å². The molecule has 1 aliphatic heterocycles. The Morgan fingerprint density at radius 3 is 2.70 bits per heavy atom. The van der Waals surface area contributed by atoms with Crippen molar-refractivity contribution in [3.8, 4) is 0 Å². The second kappa shape index (κ2) is 7.94. The zero-order valence-corrected chi connectivity index (χ0v) is 15.8. The number of carbonyl (C=O) groups is 2. The highest BCUT2D eigenvalue weighted by molar-refractivity contribution is 7.08. The van der Waals surface area contributed by atoms with Gasteiger partial charge in [0, 0.05) is 67.3 Å². The number of fused-ring (bicyclic) bond motifs is 1. The van der Waals surface area contributed by atoms with Gasteiger partial charge in [0.15, 0.2) is 0 Å². The molecule has 2 aromatic heterocycles. The van der Waals surface area contributed by atoms with E-state index in [-0.39, 0.29) is 11.8 Å². The third-order valence-corrected chi connectivity index (χ3v) is 5.66. The van der Waals surface area contributed by atoms with Gasteiger partial charge in [-0.2, -0.15) is 11.3 Å². The average Bonchev–Trinajstić information content (AvgIpc) is 3.38. The maximum absolute atomic E-state index is 12.8. The second-order valence-corrected chi connectivity index (χ2v) is 7.43. The van der Waals surface area contributed by atoms with Crippen LogP contribution in [0, 0.1) is 0 Å². The van der Waals surface area contributed by atoms with E-state index in [4.69, 9.17) is 0 Å². The Morgan fingerprint density at radius 2 is 1.93 bits per heavy atom. The second-order valence-electron chi connectivity index (χ2n) is 6.65. The number of rotatable bonds is 5. The molecule has 1 aliphatic rings. The lowest BCUT2D eigenvalue weighted by Gasteiger charge is -2.34. The molecule has 2 amide bonds. The van der Waals surface area contributed by atoms with Gasteiger partial charge in [0.2, 0.25) is 0 Å². The van der Waals surface area contributed by atoms with Gasteiger partial charge >= 0.3 is 0 Å². The molecule has 3 aromatic rings. The molecule has 140 valence electrons. The highest BCUT2D eigenvalue weighted by Crippen LogP contribution is 2.20. The van der Waals surface area contributed by atoms with Gasteiger partial charge in [0.25, 0.3) is 11.8 Å². The van der Waals surface area contributed by atoms with Gasteiger partial charge < -0.3 is 15.2 Å². The first kappa shape index (κ1) is 17.8. The van der Waals surface area contributed by atoms with E-state index in [0.717, 1.165) is 36.1 Å². The van der Waals surface area contributed by atoms with E-state index in [0.29, 0.717) is 25.2 Å². The largest absolute Gasteiger partial charge is 0.360 e. The summed E-state index contributed by atoms with van der Waals surface area (Å²) in [6.07, 6.45) is 1.80. The zero-order valence-electron chi connectivity index (χ0n) is 15.0. The Balaban J connectivity index is 1.26. The lowest BCUT2D eigenvalue weighted by molar-refractivity contribution is 0.0640. The lowest BCUT2D eigenvalue weighted by Crippen LogP contribution is -2.50. The monoisotopic (exact) mass is 382 g/mol. The molecule has 0 aliphatic carbocycles. The van der Waals surface area contributed by atoms with Crippen LogP contribution in [-0.2, 0) is 0 Å². The van der Waals surface area contributed by atoms with Gasteiger partial charge in [-0.15, -0.1) is 0 Å². The molecule has 0 saturated carbocycles. The third-order valence-electron chi connectivity index (χ3n) is 4.98. The number of hydrogen-bond acceptors (Lipinski definition) is 4. The summed E-state index contributed by atoms with van der Waals surface area (Å²) in [4.78, 5) is 32.2. The molecule has 3 heterocycles. The zero-order chi connectivity index (χ0) is 18.6. The van der Waals surface area contributed by atoms with Gasteiger partial charge in [-0.25, -0.2) is 0 Å². The molecule has 1 saturated heterocycles. The van der Waals surface area contributed by atoms with Crippen LogP contribution in [-0.4, -0.2) is 65.9 Å². The number of amides is 2. The predicted octanol–water partition coefficient (Wildman–Crippen LogP) is 2.42. The van der Waals surface area contributed by atoms with Crippen LogP contribution in [0.3, 0.4) is 0 Å². The molecule has 27 heavy (non-hydrogen) atoms. The number of nitrogens with zero attached hydrogens (tertiary/aromatic N) is 2. The third kappa shape index (κ3) is 3.89. The van der Waals surface area contributed by atoms with Crippen molar-refractivity contribution in [2.45, 2.75) is 0 Å². The summed E-state index contributed by atoms with van der Waals surface area (Å²) in [5.41, 5.74) is 2.44. The standard InChI is InChI=1S/C20H22N4O2S/c25-19(15-5-12-27-14-15)21-6-7-23-8-10-24(11-9-23)20(26)17-13-22-18-4-2-1-3-16(17)18/h1-5,12-14,22H,6-11H2,(H,21,25). The minimum Gasteiger partial charge on any atom is -0.360 e. The fraction of sp³-hybridized carbons (Fsp3) is 0.300. The van der Waals surface area contributed by atoms with E-state index < -0.39 is 0 Å². The summed E-state index contributed by atoms with van der Waals surface area (Å²) in [7, 11) is 0. The molecule has 2 N–H and O–H groups in total. The van der Waals surface area contributed by atoms with Crippen molar-refractivity contribution >= 4 is 34.1 Å². The van der Waals surface area contributed by atoms with Crippen molar-refractivity contribution in [2.75, 3.05) is 39.3 Å². The summed E-state index contributed by atoms with van der Waals surface area (Å²) < 4.78 is 0. The molecule has 0 atom stereocenters. The van der Waals surface area contributed by atoms with E-state index in [1.54, 1.807) is 6.20 Å². The molecule has 1 aromatic carbocycles. The van der Waals surface area contributed by atoms with Crippen molar-refractivity contribution in [2.24, 2.45) is 0 Å². The number of aromatic amines is 1. The summed E-state index contributed by atoms with van der Waals surface area (Å²) in [5, 5.41) is 7.68. The Morgan fingerprint density at radius 1 is 1.11 bits per heavy atom. The first-order valence-corrected chi connectivity index (χ1v) is 10.0. The van der Waals surface area contributed by atoms with Crippen molar-refractivity contribution in [3.05, 3.63) is 58.4 Å². The molecule has 6 nitrogen and oxygen atoms in total. The number of aromatic nitrogens is 1. The van der Waals surface area contributed by atoms with E-state index in [1.165, 1.54) is 11.3 Å². The van der Waals surface area contributed by atoms with Crippen molar-refractivity contribution in [1.29, 1.82) is 0 Å². The van der Waals surface area contributed by atoms with Crippen molar-refractivity contribution in [1.82, 2.24) is 20.1 Å². The predicted molar refractivity (Wildman–Crippen MR) is 107 cm³/mol. The van der Waals surface area contributed by atoms with Crippen LogP contribution < -0.4 is 5.32 Å². The maximum atomic E-state index is 12.8. The van der Waals surface area contributed by atoms with E-state index in [9.17, 15) is 9.59 Å². The number of hydrogen-bond donors (Lipinski definition) is 2. The first-order valence-electron chi connectivity index (χ1n) is 9.10. The Labute approximate surface area is 161 Å². The number of thiophene rings is 1. The van der Waals surface area contributed by atoms with Gasteiger partial charge in [0.1, 0.15) is 0 Å². The van der Waals surface area contributed by atoms with Crippen molar-refractivity contribution < 1.29 is 9.59 Å². The first-order chi connectivity index (χ1) is 13.2. The minimum atomic E-state index is -0.0237. The van der Waals surface area contributed by atoms with Crippen LogP contribution in [0.2, 0.25) is 0 Å². The average molecular weight is 382 g/mol. The summed E-state index contributed by atoms with van der Waals surface area (Å²) in [6.45, 7) is 4.47. The Bertz CT molecular complexity index is 927. The highest BCUT2D eigenvalue weighted by atomic mass is 32.1. The lowest BCUT2D eigenvalue weighted by atomic mass is 10.1. The molecule has 0 spiro atoms. The van der Waals surface area contributed by atoms with Gasteiger partial charge in [0.05, 0.1) is 5.56 Å². The molecule has 0 radical (unpaired) electrons. The molecule has 1 fully saturated rings. The van der Waals surface area contributed by atoms with Crippen LogP contribution in [0.4, 0.5) is 0 Å². The van der Waals surface area contributed by atoms with E-state index >= 15 is 0 Å². The molecule has 4 rings (SSSR count). The molecular weight excluding hydrogens is 360 g/mol. The van der Waals surface area contributed by atoms with Crippen LogP contribution in [0.25, 0.3) is 10.9 Å². The molecule has 0 unspecified atom stereocenters.